The van der Waals surface area contributed by atoms with E-state index in [2.05, 4.69) is 25.2 Å². The third kappa shape index (κ3) is 5.66. The topological polar surface area (TPSA) is 63.5 Å². The predicted molar refractivity (Wildman–Crippen MR) is 132 cm³/mol. The Hall–Kier alpha value is -2.36. The third-order valence-corrected chi connectivity index (χ3v) is 5.50. The molecule has 0 bridgehead atoms. The maximum Gasteiger partial charge on any atom is 0.191 e. The van der Waals surface area contributed by atoms with Gasteiger partial charge in [0.15, 0.2) is 17.5 Å². The molecule has 0 saturated heterocycles. The number of fused-ring (bicyclic) bond motifs is 1. The number of aryl methyl sites for hydroxylation is 1. The molecule has 166 valence electrons. The van der Waals surface area contributed by atoms with Crippen molar-refractivity contribution in [3.05, 3.63) is 59.7 Å². The van der Waals surface area contributed by atoms with Crippen molar-refractivity contribution in [3.8, 4) is 5.75 Å². The van der Waals surface area contributed by atoms with Crippen LogP contribution < -0.4 is 15.4 Å². The highest BCUT2D eigenvalue weighted by Gasteiger charge is 2.22. The summed E-state index contributed by atoms with van der Waals surface area (Å²) in [6.45, 7) is 3.10. The fourth-order valence-corrected chi connectivity index (χ4v) is 3.39. The highest BCUT2D eigenvalue weighted by molar-refractivity contribution is 14.0. The van der Waals surface area contributed by atoms with Crippen LogP contribution in [0.4, 0.5) is 4.39 Å². The summed E-state index contributed by atoms with van der Waals surface area (Å²) in [6.07, 6.45) is 2.36. The smallest absolute Gasteiger partial charge is 0.191 e. The summed E-state index contributed by atoms with van der Waals surface area (Å²) in [5.41, 5.74) is 2.88. The normalized spacial score (nSPS) is 14.8. The largest absolute Gasteiger partial charge is 0.490 e. The lowest BCUT2D eigenvalue weighted by molar-refractivity contribution is 0.285. The minimum atomic E-state index is -0.329. The van der Waals surface area contributed by atoms with Crippen molar-refractivity contribution in [1.29, 1.82) is 0 Å². The molecular weight excluding hydrogens is 508 g/mol. The lowest BCUT2D eigenvalue weighted by atomic mass is 10.1. The van der Waals surface area contributed by atoms with Gasteiger partial charge < -0.3 is 19.9 Å². The number of halogens is 2. The average molecular weight is 537 g/mol. The van der Waals surface area contributed by atoms with Crippen molar-refractivity contribution in [3.63, 3.8) is 0 Å². The van der Waals surface area contributed by atoms with Crippen LogP contribution in [0.5, 0.6) is 5.75 Å². The molecule has 1 aliphatic carbocycles. The molecule has 3 aromatic rings. The Balaban J connectivity index is 0.00000272. The van der Waals surface area contributed by atoms with Gasteiger partial charge in [0.2, 0.25) is 0 Å². The van der Waals surface area contributed by atoms with E-state index < -0.39 is 0 Å². The van der Waals surface area contributed by atoms with Gasteiger partial charge in [-0.05, 0) is 55.5 Å². The van der Waals surface area contributed by atoms with Crippen LogP contribution in [0, 0.1) is 11.7 Å². The highest BCUT2D eigenvalue weighted by atomic mass is 127. The maximum atomic E-state index is 14.4. The van der Waals surface area contributed by atoms with E-state index in [4.69, 9.17) is 4.74 Å². The van der Waals surface area contributed by atoms with E-state index >= 15 is 0 Å². The Labute approximate surface area is 199 Å². The Morgan fingerprint density at radius 1 is 1.29 bits per heavy atom. The minimum Gasteiger partial charge on any atom is -0.490 e. The third-order valence-electron chi connectivity index (χ3n) is 5.50. The quantitative estimate of drug-likeness (QED) is 0.264. The van der Waals surface area contributed by atoms with Crippen LogP contribution in [0.1, 0.15) is 37.2 Å². The monoisotopic (exact) mass is 537 g/mol. The van der Waals surface area contributed by atoms with Crippen molar-refractivity contribution >= 4 is 41.0 Å². The fourth-order valence-electron chi connectivity index (χ4n) is 3.39. The molecular formula is C23H29FIN5O. The zero-order valence-corrected chi connectivity index (χ0v) is 20.4. The van der Waals surface area contributed by atoms with E-state index in [9.17, 15) is 4.39 Å². The summed E-state index contributed by atoms with van der Waals surface area (Å²) < 4.78 is 22.1. The Bertz CT molecular complexity index is 1060. The van der Waals surface area contributed by atoms with Crippen LogP contribution in [-0.2, 0) is 13.6 Å². The van der Waals surface area contributed by atoms with Crippen molar-refractivity contribution in [2.24, 2.45) is 18.0 Å². The van der Waals surface area contributed by atoms with Crippen LogP contribution in [0.15, 0.2) is 47.5 Å². The number of aliphatic imine (C=N–C) groups is 1. The number of hydrogen-bond acceptors (Lipinski definition) is 3. The zero-order valence-electron chi connectivity index (χ0n) is 18.1. The van der Waals surface area contributed by atoms with Crippen molar-refractivity contribution in [2.45, 2.75) is 32.4 Å². The molecule has 0 spiro atoms. The predicted octanol–water partition coefficient (Wildman–Crippen LogP) is 4.55. The number of benzene rings is 2. The number of nitrogens with one attached hydrogen (secondary N) is 2. The van der Waals surface area contributed by atoms with Crippen molar-refractivity contribution in [2.75, 3.05) is 13.7 Å². The molecule has 0 amide bonds. The number of hydrogen-bond donors (Lipinski definition) is 2. The Morgan fingerprint density at radius 3 is 2.74 bits per heavy atom. The molecule has 1 aromatic heterocycles. The highest BCUT2D eigenvalue weighted by Crippen LogP contribution is 2.30. The van der Waals surface area contributed by atoms with E-state index in [-0.39, 0.29) is 35.8 Å². The summed E-state index contributed by atoms with van der Waals surface area (Å²) in [5, 5.41) is 6.60. The molecule has 1 fully saturated rings. The molecule has 1 aliphatic rings. The van der Waals surface area contributed by atoms with Gasteiger partial charge in [0.25, 0.3) is 0 Å². The maximum absolute atomic E-state index is 14.4. The van der Waals surface area contributed by atoms with E-state index in [0.717, 1.165) is 22.4 Å². The molecule has 2 N–H and O–H groups in total. The van der Waals surface area contributed by atoms with Gasteiger partial charge in [-0.1, -0.05) is 18.2 Å². The number of para-hydroxylation sites is 2. The molecule has 1 atom stereocenters. The molecule has 8 heteroatoms. The molecule has 1 unspecified atom stereocenters. The fraction of sp³-hybridized carbons (Fsp3) is 0.391. The van der Waals surface area contributed by atoms with E-state index in [0.29, 0.717) is 30.8 Å². The summed E-state index contributed by atoms with van der Waals surface area (Å²) in [5.74, 6) is 2.13. The van der Waals surface area contributed by atoms with Crippen molar-refractivity contribution in [1.82, 2.24) is 20.2 Å². The lowest BCUT2D eigenvalue weighted by Gasteiger charge is -2.19. The number of aromatic nitrogens is 2. The number of ether oxygens (including phenoxy) is 1. The van der Waals surface area contributed by atoms with E-state index in [1.807, 2.05) is 44.3 Å². The van der Waals surface area contributed by atoms with Gasteiger partial charge >= 0.3 is 0 Å². The summed E-state index contributed by atoms with van der Waals surface area (Å²) >= 11 is 0. The number of imidazole rings is 1. The molecule has 1 saturated carbocycles. The number of rotatable bonds is 7. The van der Waals surface area contributed by atoms with Gasteiger partial charge in [-0.15, -0.1) is 24.0 Å². The molecule has 0 radical (unpaired) electrons. The second kappa shape index (κ2) is 10.3. The standard InChI is InChI=1S/C23H28FN5O.HI/c1-15(17-10-11-21(18(24)12-17)30-14-16-8-9-16)27-23(25-2)26-13-22-28-19-6-4-5-7-20(19)29(22)3;/h4-7,10-12,15-16H,8-9,13-14H2,1-3H3,(H2,25,26,27);1H. The van der Waals surface area contributed by atoms with E-state index in [1.54, 1.807) is 13.1 Å². The molecule has 1 heterocycles. The van der Waals surface area contributed by atoms with Gasteiger partial charge in [0.05, 0.1) is 30.2 Å². The first-order valence-electron chi connectivity index (χ1n) is 10.3. The second-order valence-electron chi connectivity index (χ2n) is 7.81. The molecule has 4 rings (SSSR count). The Kier molecular flexibility index (Phi) is 7.74. The first-order chi connectivity index (χ1) is 14.5. The van der Waals surface area contributed by atoms with E-state index in [1.165, 1.54) is 18.9 Å². The summed E-state index contributed by atoms with van der Waals surface area (Å²) in [4.78, 5) is 8.95. The first kappa shape index (κ1) is 23.3. The number of nitrogens with zero attached hydrogens (tertiary/aromatic N) is 3. The molecule has 31 heavy (non-hydrogen) atoms. The summed E-state index contributed by atoms with van der Waals surface area (Å²) in [7, 11) is 3.72. The van der Waals surface area contributed by atoms with Crippen molar-refractivity contribution < 1.29 is 9.13 Å². The van der Waals surface area contributed by atoms with Crippen LogP contribution in [0.2, 0.25) is 0 Å². The van der Waals surface area contributed by atoms with Crippen LogP contribution in [0.3, 0.4) is 0 Å². The average Bonchev–Trinajstić information content (AvgIpc) is 3.53. The SMILES string of the molecule is CN=C(NCc1nc2ccccc2n1C)NC(C)c1ccc(OCC2CC2)c(F)c1.I. The number of guanidine groups is 1. The van der Waals surface area contributed by atoms with Crippen LogP contribution in [0.25, 0.3) is 11.0 Å². The molecule has 6 nitrogen and oxygen atoms in total. The van der Waals surface area contributed by atoms with Crippen LogP contribution >= 0.6 is 24.0 Å². The zero-order chi connectivity index (χ0) is 21.1. The molecule has 0 aliphatic heterocycles. The second-order valence-corrected chi connectivity index (χ2v) is 7.81. The first-order valence-corrected chi connectivity index (χ1v) is 10.3. The van der Waals surface area contributed by atoms with Gasteiger partial charge in [0, 0.05) is 14.1 Å². The van der Waals surface area contributed by atoms with Crippen LogP contribution in [-0.4, -0.2) is 29.2 Å². The van der Waals surface area contributed by atoms with Gasteiger partial charge in [0.1, 0.15) is 5.82 Å². The lowest BCUT2D eigenvalue weighted by Crippen LogP contribution is -2.38. The van der Waals surface area contributed by atoms with Gasteiger partial charge in [-0.3, -0.25) is 4.99 Å². The van der Waals surface area contributed by atoms with Gasteiger partial charge in [-0.2, -0.15) is 0 Å². The van der Waals surface area contributed by atoms with Gasteiger partial charge in [-0.25, -0.2) is 9.37 Å². The Morgan fingerprint density at radius 2 is 2.06 bits per heavy atom. The summed E-state index contributed by atoms with van der Waals surface area (Å²) in [6, 6.07) is 13.0. The molecule has 2 aromatic carbocycles. The minimum absolute atomic E-state index is 0.